The zero-order chi connectivity index (χ0) is 21.8. The number of ether oxygens (including phenoxy) is 2. The summed E-state index contributed by atoms with van der Waals surface area (Å²) in [5, 5.41) is 57.4. The van der Waals surface area contributed by atoms with E-state index in [0.29, 0.717) is 22.3 Å². The molecule has 0 aromatic heterocycles. The zero-order valence-corrected chi connectivity index (χ0v) is 15.5. The number of hydrogen-bond donors (Lipinski definition) is 4. The Balaban J connectivity index is 1.96. The van der Waals surface area contributed by atoms with Crippen LogP contribution in [0.15, 0.2) is 48.5 Å². The maximum Gasteiger partial charge on any atom is 0.335 e. The van der Waals surface area contributed by atoms with E-state index in [1.54, 1.807) is 48.5 Å². The van der Waals surface area contributed by atoms with Crippen LogP contribution < -0.4 is 0 Å². The lowest BCUT2D eigenvalue weighted by atomic mass is 9.97. The predicted molar refractivity (Wildman–Crippen MR) is 99.6 cm³/mol. The van der Waals surface area contributed by atoms with Crippen LogP contribution in [0.3, 0.4) is 0 Å². The lowest BCUT2D eigenvalue weighted by Crippen LogP contribution is -2.60. The molecule has 5 atom stereocenters. The van der Waals surface area contributed by atoms with Crippen LogP contribution in [0.5, 0.6) is 0 Å². The highest BCUT2D eigenvalue weighted by atomic mass is 16.7. The van der Waals surface area contributed by atoms with Crippen LogP contribution in [0.1, 0.15) is 28.4 Å². The molecule has 9 nitrogen and oxygen atoms in total. The second-order valence-electron chi connectivity index (χ2n) is 6.72. The van der Waals surface area contributed by atoms with Gasteiger partial charge < -0.3 is 29.9 Å². The molecule has 0 radical (unpaired) electrons. The molecule has 0 unspecified atom stereocenters. The third-order valence-corrected chi connectivity index (χ3v) is 4.77. The van der Waals surface area contributed by atoms with Crippen LogP contribution in [0, 0.1) is 22.7 Å². The van der Waals surface area contributed by atoms with Crippen LogP contribution in [0.2, 0.25) is 0 Å². The third kappa shape index (κ3) is 4.31. The van der Waals surface area contributed by atoms with Crippen molar-refractivity contribution in [3.63, 3.8) is 0 Å². The fourth-order valence-electron chi connectivity index (χ4n) is 3.11. The third-order valence-electron chi connectivity index (χ3n) is 4.77. The Morgan fingerprint density at radius 3 is 1.73 bits per heavy atom. The van der Waals surface area contributed by atoms with Gasteiger partial charge in [0.05, 0.1) is 23.3 Å². The molecule has 1 saturated heterocycles. The van der Waals surface area contributed by atoms with Gasteiger partial charge in [-0.1, -0.05) is 24.3 Å². The van der Waals surface area contributed by atoms with Gasteiger partial charge in [-0.3, -0.25) is 0 Å². The standard InChI is InChI=1S/C21H18N2O7/c22-9-11-1-5-13(6-2-11)18(14-7-3-12(10-23)4-8-14)29-21-17(26)15(24)16(25)19(30-21)20(27)28/h1-8,15-19,21,24-26H,(H,27,28)/t15-,16-,17+,19-,21+/m0/s1. The number of hydrogen-bond acceptors (Lipinski definition) is 8. The van der Waals surface area contributed by atoms with Gasteiger partial charge in [0.2, 0.25) is 0 Å². The first-order valence-corrected chi connectivity index (χ1v) is 8.93. The number of aliphatic hydroxyl groups excluding tert-OH is 3. The van der Waals surface area contributed by atoms with E-state index in [9.17, 15) is 25.2 Å². The van der Waals surface area contributed by atoms with Crippen molar-refractivity contribution < 1.29 is 34.7 Å². The molecule has 9 heteroatoms. The molecular formula is C21H18N2O7. The molecule has 1 aliphatic rings. The van der Waals surface area contributed by atoms with Crippen molar-refractivity contribution in [2.75, 3.05) is 0 Å². The second kappa shape index (κ2) is 9.01. The number of carboxylic acids is 1. The highest BCUT2D eigenvalue weighted by molar-refractivity contribution is 5.73. The number of rotatable bonds is 5. The Labute approximate surface area is 171 Å². The molecule has 3 rings (SSSR count). The smallest absolute Gasteiger partial charge is 0.335 e. The number of nitrogens with zero attached hydrogens (tertiary/aromatic N) is 2. The fourth-order valence-corrected chi connectivity index (χ4v) is 3.11. The lowest BCUT2D eigenvalue weighted by Gasteiger charge is -2.40. The summed E-state index contributed by atoms with van der Waals surface area (Å²) in [7, 11) is 0. The van der Waals surface area contributed by atoms with Gasteiger partial charge in [-0.25, -0.2) is 4.79 Å². The summed E-state index contributed by atoms with van der Waals surface area (Å²) in [6.45, 7) is 0. The van der Waals surface area contributed by atoms with Crippen LogP contribution in [-0.2, 0) is 14.3 Å². The van der Waals surface area contributed by atoms with Crippen molar-refractivity contribution in [1.82, 2.24) is 0 Å². The quantitative estimate of drug-likeness (QED) is 0.547. The van der Waals surface area contributed by atoms with Crippen molar-refractivity contribution in [1.29, 1.82) is 10.5 Å². The maximum atomic E-state index is 11.3. The minimum Gasteiger partial charge on any atom is -0.479 e. The summed E-state index contributed by atoms with van der Waals surface area (Å²) >= 11 is 0. The van der Waals surface area contributed by atoms with Crippen LogP contribution in [0.4, 0.5) is 0 Å². The topological polar surface area (TPSA) is 164 Å². The summed E-state index contributed by atoms with van der Waals surface area (Å²) in [5.41, 5.74) is 1.94. The molecule has 2 aromatic rings. The predicted octanol–water partition coefficient (Wildman–Crippen LogP) is 0.428. The number of nitriles is 2. The summed E-state index contributed by atoms with van der Waals surface area (Å²) in [6.07, 6.45) is -9.60. The van der Waals surface area contributed by atoms with Crippen LogP contribution in [-0.4, -0.2) is 57.1 Å². The summed E-state index contributed by atoms with van der Waals surface area (Å²) < 4.78 is 11.1. The fraction of sp³-hybridized carbons (Fsp3) is 0.286. The first-order valence-electron chi connectivity index (χ1n) is 8.93. The summed E-state index contributed by atoms with van der Waals surface area (Å²) in [6, 6.07) is 16.7. The van der Waals surface area contributed by atoms with E-state index in [-0.39, 0.29) is 0 Å². The molecule has 1 heterocycles. The van der Waals surface area contributed by atoms with Crippen molar-refractivity contribution in [3.05, 3.63) is 70.8 Å². The maximum absolute atomic E-state index is 11.3. The highest BCUT2D eigenvalue weighted by Crippen LogP contribution is 2.32. The van der Waals surface area contributed by atoms with Gasteiger partial charge in [-0.05, 0) is 35.4 Å². The van der Waals surface area contributed by atoms with Crippen molar-refractivity contribution in [2.24, 2.45) is 0 Å². The molecule has 1 fully saturated rings. The second-order valence-corrected chi connectivity index (χ2v) is 6.72. The number of aliphatic carboxylic acids is 1. The van der Waals surface area contributed by atoms with Gasteiger partial charge in [0, 0.05) is 0 Å². The van der Waals surface area contributed by atoms with Crippen LogP contribution in [0.25, 0.3) is 0 Å². The molecule has 0 aliphatic carbocycles. The summed E-state index contributed by atoms with van der Waals surface area (Å²) in [5.74, 6) is -1.52. The minimum atomic E-state index is -1.83. The molecule has 2 aromatic carbocycles. The Hall–Kier alpha value is -3.31. The molecule has 0 amide bonds. The average Bonchev–Trinajstić information content (AvgIpc) is 2.77. The van der Waals surface area contributed by atoms with Crippen molar-refractivity contribution in [2.45, 2.75) is 36.8 Å². The number of carboxylic acid groups (broad SMARTS) is 1. The van der Waals surface area contributed by atoms with Gasteiger partial charge in [-0.15, -0.1) is 0 Å². The Morgan fingerprint density at radius 1 is 0.867 bits per heavy atom. The molecule has 30 heavy (non-hydrogen) atoms. The largest absolute Gasteiger partial charge is 0.479 e. The van der Waals surface area contributed by atoms with E-state index in [1.807, 2.05) is 12.1 Å². The Bertz CT molecular complexity index is 921. The lowest BCUT2D eigenvalue weighted by molar-refractivity contribution is -0.302. The van der Waals surface area contributed by atoms with Gasteiger partial charge >= 0.3 is 5.97 Å². The van der Waals surface area contributed by atoms with Gasteiger partial charge in [0.15, 0.2) is 12.4 Å². The number of aliphatic hydroxyl groups is 3. The Morgan fingerprint density at radius 2 is 1.33 bits per heavy atom. The molecule has 0 spiro atoms. The van der Waals surface area contributed by atoms with E-state index < -0.39 is 42.8 Å². The summed E-state index contributed by atoms with van der Waals surface area (Å²) in [4.78, 5) is 11.3. The van der Waals surface area contributed by atoms with Gasteiger partial charge in [0.1, 0.15) is 24.4 Å². The van der Waals surface area contributed by atoms with Crippen molar-refractivity contribution >= 4 is 5.97 Å². The molecule has 0 bridgehead atoms. The normalized spacial score (nSPS) is 26.0. The first kappa shape index (κ1) is 21.4. The van der Waals surface area contributed by atoms with Gasteiger partial charge in [0.25, 0.3) is 0 Å². The molecule has 0 saturated carbocycles. The number of carbonyl (C=O) groups is 1. The SMILES string of the molecule is N#Cc1ccc(C(O[C@@H]2O[C@H](C(=O)O)[C@@H](O)[C@H](O)[C@H]2O)c2ccc(C#N)cc2)cc1. The number of benzene rings is 2. The van der Waals surface area contributed by atoms with Crippen molar-refractivity contribution in [3.8, 4) is 12.1 Å². The first-order chi connectivity index (χ1) is 14.3. The molecule has 4 N–H and O–H groups in total. The van der Waals surface area contributed by atoms with Crippen LogP contribution >= 0.6 is 0 Å². The van der Waals surface area contributed by atoms with E-state index in [2.05, 4.69) is 0 Å². The average molecular weight is 410 g/mol. The highest BCUT2D eigenvalue weighted by Gasteiger charge is 2.48. The van der Waals surface area contributed by atoms with E-state index in [1.165, 1.54) is 0 Å². The minimum absolute atomic E-state index is 0.413. The Kier molecular flexibility index (Phi) is 6.43. The van der Waals surface area contributed by atoms with E-state index >= 15 is 0 Å². The monoisotopic (exact) mass is 410 g/mol. The van der Waals surface area contributed by atoms with Gasteiger partial charge in [-0.2, -0.15) is 10.5 Å². The van der Waals surface area contributed by atoms with E-state index in [0.717, 1.165) is 0 Å². The zero-order valence-electron chi connectivity index (χ0n) is 15.5. The molecule has 154 valence electrons. The molecular weight excluding hydrogens is 392 g/mol. The molecule has 1 aliphatic heterocycles. The van der Waals surface area contributed by atoms with E-state index in [4.69, 9.17) is 20.0 Å².